The van der Waals surface area contributed by atoms with Crippen molar-refractivity contribution in [2.45, 2.75) is 0 Å². The number of nitrogens with one attached hydrogen (secondary N) is 1. The van der Waals surface area contributed by atoms with Gasteiger partial charge in [-0.15, -0.1) is 0 Å². The van der Waals surface area contributed by atoms with Crippen LogP contribution in [0.15, 0.2) is 42.5 Å². The van der Waals surface area contributed by atoms with Crippen molar-refractivity contribution in [3.05, 3.63) is 68.3 Å². The smallest absolute Gasteiger partial charge is 0.299 e. The van der Waals surface area contributed by atoms with Gasteiger partial charge in [0.15, 0.2) is 0 Å². The summed E-state index contributed by atoms with van der Waals surface area (Å²) in [5, 5.41) is 24.7. The summed E-state index contributed by atoms with van der Waals surface area (Å²) in [7, 11) is 0. The Morgan fingerprint density at radius 2 is 1.18 bits per heavy atom. The fourth-order valence-corrected chi connectivity index (χ4v) is 3.03. The van der Waals surface area contributed by atoms with Crippen molar-refractivity contribution in [1.29, 1.82) is 0 Å². The molecular formula is C25H33N3O11. The zero-order chi connectivity index (χ0) is 28.1. The van der Waals surface area contributed by atoms with E-state index in [9.17, 15) is 25.0 Å². The molecule has 2 aromatic rings. The van der Waals surface area contributed by atoms with E-state index in [1.807, 2.05) is 0 Å². The number of aldehydes is 1. The maximum Gasteiger partial charge on any atom is 0.299 e. The van der Waals surface area contributed by atoms with Gasteiger partial charge in [-0.2, -0.15) is 0 Å². The minimum atomic E-state index is -0.684. The Morgan fingerprint density at radius 3 is 1.67 bits per heavy atom. The molecule has 1 N–H and O–H groups in total. The molecule has 0 spiro atoms. The highest BCUT2D eigenvalue weighted by Crippen LogP contribution is 2.28. The van der Waals surface area contributed by atoms with Crippen LogP contribution in [0.5, 0.6) is 5.75 Å². The van der Waals surface area contributed by atoms with Gasteiger partial charge in [0.2, 0.25) is 0 Å². The van der Waals surface area contributed by atoms with Crippen LogP contribution in [0.3, 0.4) is 0 Å². The predicted molar refractivity (Wildman–Crippen MR) is 140 cm³/mol. The van der Waals surface area contributed by atoms with Crippen LogP contribution >= 0.6 is 0 Å². The van der Waals surface area contributed by atoms with Gasteiger partial charge in [-0.25, -0.2) is 0 Å². The zero-order valence-corrected chi connectivity index (χ0v) is 21.5. The average molecular weight is 552 g/mol. The Morgan fingerprint density at radius 1 is 0.667 bits per heavy atom. The lowest BCUT2D eigenvalue weighted by atomic mass is 10.2. The lowest BCUT2D eigenvalue weighted by Gasteiger charge is -2.09. The normalized spacial score (nSPS) is 10.8. The van der Waals surface area contributed by atoms with Crippen molar-refractivity contribution in [3.8, 4) is 5.75 Å². The standard InChI is InChI=1S/C25H33N3O11/c29-20-21-1-4-23(5-2-21)39-18-17-38-16-15-37-14-13-36-12-11-35-10-9-34-8-7-26-24-6-3-22(27(30)31)19-25(24)28(32)33/h1-6,19-20,26H,7-18H2. The highest BCUT2D eigenvalue weighted by molar-refractivity contribution is 5.74. The molecule has 14 nitrogen and oxygen atoms in total. The van der Waals surface area contributed by atoms with Gasteiger partial charge >= 0.3 is 0 Å². The molecule has 0 aliphatic heterocycles. The first kappa shape index (κ1) is 31.5. The van der Waals surface area contributed by atoms with E-state index in [-0.39, 0.29) is 23.7 Å². The second-order valence-corrected chi connectivity index (χ2v) is 7.74. The van der Waals surface area contributed by atoms with Crippen LogP contribution in [0.2, 0.25) is 0 Å². The highest BCUT2D eigenvalue weighted by Gasteiger charge is 2.18. The molecule has 0 aromatic heterocycles. The number of carbonyl (C=O) groups is 1. The van der Waals surface area contributed by atoms with Crippen LogP contribution in [0.25, 0.3) is 0 Å². The average Bonchev–Trinajstić information content (AvgIpc) is 2.94. The van der Waals surface area contributed by atoms with E-state index in [0.29, 0.717) is 83.9 Å². The van der Waals surface area contributed by atoms with Crippen molar-refractivity contribution in [2.75, 3.05) is 84.5 Å². The Kier molecular flexibility index (Phi) is 15.7. The first-order chi connectivity index (χ1) is 19.0. The van der Waals surface area contributed by atoms with E-state index >= 15 is 0 Å². The third kappa shape index (κ3) is 13.6. The van der Waals surface area contributed by atoms with E-state index in [4.69, 9.17) is 28.4 Å². The van der Waals surface area contributed by atoms with Crippen LogP contribution in [-0.4, -0.2) is 95.4 Å². The number of nitro benzene ring substituents is 2. The molecular weight excluding hydrogens is 518 g/mol. The molecule has 39 heavy (non-hydrogen) atoms. The Balaban J connectivity index is 1.33. The van der Waals surface area contributed by atoms with Crippen LogP contribution in [0, 0.1) is 20.2 Å². The molecule has 0 heterocycles. The van der Waals surface area contributed by atoms with Gasteiger partial charge in [0.25, 0.3) is 11.4 Å². The first-order valence-electron chi connectivity index (χ1n) is 12.2. The second-order valence-electron chi connectivity index (χ2n) is 7.74. The number of hydrogen-bond donors (Lipinski definition) is 1. The second kappa shape index (κ2) is 19.4. The van der Waals surface area contributed by atoms with Crippen LogP contribution < -0.4 is 10.1 Å². The number of nitrogens with zero attached hydrogens (tertiary/aromatic N) is 2. The van der Waals surface area contributed by atoms with Gasteiger partial charge in [-0.05, 0) is 30.3 Å². The van der Waals surface area contributed by atoms with E-state index in [0.717, 1.165) is 12.4 Å². The van der Waals surface area contributed by atoms with Gasteiger partial charge in [0, 0.05) is 18.2 Å². The summed E-state index contributed by atoms with van der Waals surface area (Å²) in [4.78, 5) is 31.1. The summed E-state index contributed by atoms with van der Waals surface area (Å²) >= 11 is 0. The topological polar surface area (TPSA) is 171 Å². The number of ether oxygens (including phenoxy) is 6. The number of hydrogen-bond acceptors (Lipinski definition) is 12. The van der Waals surface area contributed by atoms with Crippen molar-refractivity contribution >= 4 is 23.3 Å². The van der Waals surface area contributed by atoms with Crippen molar-refractivity contribution in [3.63, 3.8) is 0 Å². The Bertz CT molecular complexity index is 1010. The first-order valence-corrected chi connectivity index (χ1v) is 12.2. The van der Waals surface area contributed by atoms with E-state index in [2.05, 4.69) is 5.32 Å². The minimum Gasteiger partial charge on any atom is -0.491 e. The van der Waals surface area contributed by atoms with Crippen molar-refractivity contribution in [2.24, 2.45) is 0 Å². The molecule has 0 radical (unpaired) electrons. The molecule has 0 unspecified atom stereocenters. The molecule has 0 amide bonds. The van der Waals surface area contributed by atoms with Crippen LogP contribution in [-0.2, 0) is 23.7 Å². The summed E-state index contributed by atoms with van der Waals surface area (Å²) in [6.07, 6.45) is 0.779. The molecule has 214 valence electrons. The van der Waals surface area contributed by atoms with Crippen molar-refractivity contribution in [1.82, 2.24) is 0 Å². The molecule has 14 heteroatoms. The van der Waals surface area contributed by atoms with Gasteiger partial charge in [0.1, 0.15) is 24.3 Å². The molecule has 0 bridgehead atoms. The summed E-state index contributed by atoms with van der Waals surface area (Å²) in [5.74, 6) is 0.679. The largest absolute Gasteiger partial charge is 0.491 e. The maximum atomic E-state index is 11.1. The maximum absolute atomic E-state index is 11.1. The third-order valence-corrected chi connectivity index (χ3v) is 4.95. The number of benzene rings is 2. The highest BCUT2D eigenvalue weighted by atomic mass is 16.6. The molecule has 0 saturated carbocycles. The van der Waals surface area contributed by atoms with Crippen LogP contribution in [0.1, 0.15) is 10.4 Å². The fraction of sp³-hybridized carbons (Fsp3) is 0.480. The molecule has 0 atom stereocenters. The quantitative estimate of drug-likeness (QED) is 0.0928. The Hall–Kier alpha value is -3.69. The fourth-order valence-electron chi connectivity index (χ4n) is 3.03. The molecule has 0 aliphatic rings. The molecule has 0 fully saturated rings. The van der Waals surface area contributed by atoms with Crippen molar-refractivity contribution < 1.29 is 43.1 Å². The minimum absolute atomic E-state index is 0.184. The molecule has 0 saturated heterocycles. The van der Waals surface area contributed by atoms with Gasteiger partial charge < -0.3 is 33.7 Å². The monoisotopic (exact) mass is 551 g/mol. The van der Waals surface area contributed by atoms with Crippen LogP contribution in [0.4, 0.5) is 17.1 Å². The lowest BCUT2D eigenvalue weighted by Crippen LogP contribution is -2.15. The SMILES string of the molecule is O=Cc1ccc(OCCOCCOCCOCCOCCOCCNc2ccc([N+](=O)[O-])cc2[N+](=O)[O-])cc1. The number of rotatable bonds is 23. The Labute approximate surface area is 225 Å². The summed E-state index contributed by atoms with van der Waals surface area (Å²) in [6.45, 7) is 4.66. The molecule has 0 aliphatic carbocycles. The summed E-state index contributed by atoms with van der Waals surface area (Å²) in [5.41, 5.74) is 0.0693. The van der Waals surface area contributed by atoms with E-state index in [1.54, 1.807) is 24.3 Å². The zero-order valence-electron chi connectivity index (χ0n) is 21.5. The third-order valence-electron chi connectivity index (χ3n) is 4.95. The summed E-state index contributed by atoms with van der Waals surface area (Å²) < 4.78 is 32.6. The summed E-state index contributed by atoms with van der Waals surface area (Å²) in [6, 6.07) is 10.3. The van der Waals surface area contributed by atoms with Gasteiger partial charge in [0.05, 0.1) is 82.0 Å². The number of carbonyl (C=O) groups excluding carboxylic acids is 1. The molecule has 2 rings (SSSR count). The lowest BCUT2D eigenvalue weighted by molar-refractivity contribution is -0.393. The van der Waals surface area contributed by atoms with E-state index < -0.39 is 9.85 Å². The van der Waals surface area contributed by atoms with Gasteiger partial charge in [-0.3, -0.25) is 25.0 Å². The van der Waals surface area contributed by atoms with E-state index in [1.165, 1.54) is 12.1 Å². The number of nitro groups is 2. The number of non-ortho nitro benzene ring substituents is 1. The number of anilines is 1. The predicted octanol–water partition coefficient (Wildman–Crippen LogP) is 2.89. The van der Waals surface area contributed by atoms with Gasteiger partial charge in [-0.1, -0.05) is 0 Å². The molecule has 2 aromatic carbocycles.